The zero-order chi connectivity index (χ0) is 34.7. The second-order valence-corrected chi connectivity index (χ2v) is 13.2. The Labute approximate surface area is 278 Å². The third kappa shape index (κ3) is 5.72. The zero-order valence-electron chi connectivity index (χ0n) is 26.6. The molecule has 3 amide bonds. The van der Waals surface area contributed by atoms with Gasteiger partial charge in [-0.15, -0.1) is 5.92 Å². The summed E-state index contributed by atoms with van der Waals surface area (Å²) >= 11 is 0. The lowest BCUT2D eigenvalue weighted by Crippen LogP contribution is -2.59. The number of carbonyl (C=O) groups excluding carboxylic acids is 2. The number of carbonyl (C=O) groups is 2. The second kappa shape index (κ2) is 12.1. The molecule has 1 aromatic carbocycles. The van der Waals surface area contributed by atoms with Gasteiger partial charge in [0.1, 0.15) is 18.0 Å². The number of amides is 3. The number of nitrogens with two attached hydrogens (primary N) is 1. The molecule has 0 saturated carbocycles. The van der Waals surface area contributed by atoms with Gasteiger partial charge in [0.2, 0.25) is 0 Å². The predicted molar refractivity (Wildman–Crippen MR) is 165 cm³/mol. The van der Waals surface area contributed by atoms with Crippen molar-refractivity contribution in [2.45, 2.75) is 75.4 Å². The summed E-state index contributed by atoms with van der Waals surface area (Å²) in [6.07, 6.45) is -3.05. The van der Waals surface area contributed by atoms with Crippen LogP contribution in [0.2, 0.25) is 0 Å². The van der Waals surface area contributed by atoms with E-state index in [2.05, 4.69) is 32.4 Å². The Morgan fingerprint density at radius 3 is 2.73 bits per heavy atom. The topological polar surface area (TPSA) is 135 Å². The van der Waals surface area contributed by atoms with Crippen molar-refractivity contribution in [1.29, 1.82) is 0 Å². The number of piperidine rings is 1. The standard InChI is InChI=1S/C33H34F5N7O4/c1-2-5-19-10-21(39)26(35)24(25(19)33(36,37)38)23-11-22-20(15-48-23)27(44-8-4-7-32(16-44)28(46)42-29(47)43-32)41-30(40-22)49-17-31-6-3-9-45(31)14-18(12-31)13-34/h10,13,23H,3-4,6-9,11-12,14-17,39H2,1H3,(H2,42,43,46,47)/b18-13+/t23-,31+,32+/m0/s1. The molecule has 4 fully saturated rings. The summed E-state index contributed by atoms with van der Waals surface area (Å²) in [6.45, 7) is 2.95. The Morgan fingerprint density at radius 2 is 2.02 bits per heavy atom. The van der Waals surface area contributed by atoms with Crippen molar-refractivity contribution in [3.8, 4) is 17.9 Å². The number of benzene rings is 1. The first-order valence-electron chi connectivity index (χ1n) is 16.0. The van der Waals surface area contributed by atoms with Crippen LogP contribution in [0.4, 0.5) is 38.3 Å². The number of anilines is 2. The van der Waals surface area contributed by atoms with Gasteiger partial charge in [0, 0.05) is 36.2 Å². The number of urea groups is 1. The van der Waals surface area contributed by atoms with Crippen LogP contribution in [0.5, 0.6) is 6.01 Å². The number of hydrogen-bond acceptors (Lipinski definition) is 9. The number of nitrogens with zero attached hydrogens (tertiary/aromatic N) is 4. The van der Waals surface area contributed by atoms with Crippen LogP contribution in [0.3, 0.4) is 0 Å². The Bertz CT molecular complexity index is 1820. The number of hydrogen-bond donors (Lipinski definition) is 3. The van der Waals surface area contributed by atoms with Gasteiger partial charge in [0.25, 0.3) is 5.91 Å². The fourth-order valence-corrected chi connectivity index (χ4v) is 7.99. The van der Waals surface area contributed by atoms with E-state index in [1.807, 2.05) is 0 Å². The summed E-state index contributed by atoms with van der Waals surface area (Å²) < 4.78 is 84.8. The van der Waals surface area contributed by atoms with E-state index < -0.39 is 63.5 Å². The fraction of sp³-hybridized carbons (Fsp3) is 0.515. The summed E-state index contributed by atoms with van der Waals surface area (Å²) in [4.78, 5) is 38.2. The fourth-order valence-electron chi connectivity index (χ4n) is 7.99. The molecule has 0 radical (unpaired) electrons. The molecule has 4 N–H and O–H groups in total. The van der Waals surface area contributed by atoms with Gasteiger partial charge in [-0.2, -0.15) is 23.1 Å². The third-order valence-electron chi connectivity index (χ3n) is 10.2. The Kier molecular flexibility index (Phi) is 8.18. The molecule has 260 valence electrons. The van der Waals surface area contributed by atoms with Gasteiger partial charge in [-0.3, -0.25) is 15.0 Å². The van der Waals surface area contributed by atoms with Gasteiger partial charge in [-0.05, 0) is 57.2 Å². The molecule has 4 saturated heterocycles. The van der Waals surface area contributed by atoms with Crippen molar-refractivity contribution in [1.82, 2.24) is 25.5 Å². The Hall–Kier alpha value is -4.49. The van der Waals surface area contributed by atoms with Crippen LogP contribution in [0.25, 0.3) is 0 Å². The molecule has 6 heterocycles. The average molecular weight is 688 g/mol. The van der Waals surface area contributed by atoms with Gasteiger partial charge >= 0.3 is 18.2 Å². The number of ether oxygens (including phenoxy) is 2. The van der Waals surface area contributed by atoms with E-state index in [0.29, 0.717) is 55.6 Å². The minimum Gasteiger partial charge on any atom is -0.461 e. The molecule has 0 bridgehead atoms. The summed E-state index contributed by atoms with van der Waals surface area (Å²) in [5.74, 6) is 3.42. The van der Waals surface area contributed by atoms with Gasteiger partial charge in [0.15, 0.2) is 5.82 Å². The quantitative estimate of drug-likeness (QED) is 0.184. The normalized spacial score (nSPS) is 27.5. The second-order valence-electron chi connectivity index (χ2n) is 13.2. The van der Waals surface area contributed by atoms with Crippen molar-refractivity contribution in [2.75, 3.05) is 43.4 Å². The van der Waals surface area contributed by atoms with Crippen LogP contribution >= 0.6 is 0 Å². The first kappa shape index (κ1) is 33.0. The van der Waals surface area contributed by atoms with E-state index in [4.69, 9.17) is 20.2 Å². The first-order chi connectivity index (χ1) is 23.4. The number of imide groups is 1. The lowest BCUT2D eigenvalue weighted by Gasteiger charge is -2.40. The van der Waals surface area contributed by atoms with E-state index in [1.54, 1.807) is 4.90 Å². The molecule has 11 nitrogen and oxygen atoms in total. The monoisotopic (exact) mass is 687 g/mol. The predicted octanol–water partition coefficient (Wildman–Crippen LogP) is 4.05. The minimum absolute atomic E-state index is 0.0559. The maximum atomic E-state index is 15.6. The summed E-state index contributed by atoms with van der Waals surface area (Å²) in [5.41, 5.74) is 2.51. The molecule has 5 aliphatic heterocycles. The average Bonchev–Trinajstić information content (AvgIpc) is 3.69. The van der Waals surface area contributed by atoms with Gasteiger partial charge < -0.3 is 25.4 Å². The van der Waals surface area contributed by atoms with Crippen molar-refractivity contribution >= 4 is 23.4 Å². The summed E-state index contributed by atoms with van der Waals surface area (Å²) in [7, 11) is 0. The summed E-state index contributed by atoms with van der Waals surface area (Å²) in [5, 5.41) is 5.01. The van der Waals surface area contributed by atoms with Crippen LogP contribution < -0.4 is 26.0 Å². The van der Waals surface area contributed by atoms with E-state index in [0.717, 1.165) is 25.5 Å². The van der Waals surface area contributed by atoms with Crippen molar-refractivity contribution in [3.05, 3.63) is 51.7 Å². The highest BCUT2D eigenvalue weighted by Gasteiger charge is 2.50. The maximum absolute atomic E-state index is 15.6. The Morgan fingerprint density at radius 1 is 1.22 bits per heavy atom. The lowest BCUT2D eigenvalue weighted by atomic mass is 9.88. The molecular weight excluding hydrogens is 653 g/mol. The molecule has 7 rings (SSSR count). The molecular formula is C33H34F5N7O4. The third-order valence-corrected chi connectivity index (χ3v) is 10.2. The smallest absolute Gasteiger partial charge is 0.418 e. The molecule has 49 heavy (non-hydrogen) atoms. The van der Waals surface area contributed by atoms with Crippen LogP contribution in [-0.4, -0.2) is 70.7 Å². The van der Waals surface area contributed by atoms with Crippen molar-refractivity contribution < 1.29 is 41.0 Å². The lowest BCUT2D eigenvalue weighted by molar-refractivity contribution is -0.140. The highest BCUT2D eigenvalue weighted by Crippen LogP contribution is 2.46. The highest BCUT2D eigenvalue weighted by atomic mass is 19.4. The van der Waals surface area contributed by atoms with Gasteiger partial charge in [-0.25, -0.2) is 13.6 Å². The minimum atomic E-state index is -4.98. The largest absolute Gasteiger partial charge is 0.461 e. The number of nitrogen functional groups attached to an aromatic ring is 1. The number of fused-ring (bicyclic) bond motifs is 2. The molecule has 5 aliphatic rings. The number of aromatic nitrogens is 2. The molecule has 16 heteroatoms. The van der Waals surface area contributed by atoms with E-state index in [1.165, 1.54) is 6.92 Å². The van der Waals surface area contributed by atoms with E-state index in [-0.39, 0.29) is 37.9 Å². The zero-order valence-corrected chi connectivity index (χ0v) is 26.6. The molecule has 2 aromatic rings. The SMILES string of the molecule is CC#Cc1cc(N)c(F)c([C@@H]2Cc3nc(OC[C@]45CCCN4C/C(=C/F)C5)nc(N4CCC[C@]5(C4)NC(=O)NC5=O)c3CO2)c1C(F)(F)F. The van der Waals surface area contributed by atoms with Crippen LogP contribution in [0.1, 0.15) is 73.1 Å². The summed E-state index contributed by atoms with van der Waals surface area (Å²) in [6, 6.07) is 0.181. The number of alkyl halides is 3. The molecule has 1 spiro atoms. The molecule has 0 aliphatic carbocycles. The van der Waals surface area contributed by atoms with Gasteiger partial charge in [0.05, 0.1) is 48.1 Å². The number of rotatable bonds is 5. The Balaban J connectivity index is 1.28. The van der Waals surface area contributed by atoms with Crippen LogP contribution in [0.15, 0.2) is 18.0 Å². The van der Waals surface area contributed by atoms with E-state index in [9.17, 15) is 27.2 Å². The maximum Gasteiger partial charge on any atom is 0.418 e. The van der Waals surface area contributed by atoms with Crippen molar-refractivity contribution in [3.63, 3.8) is 0 Å². The number of nitrogens with one attached hydrogen (secondary N) is 2. The molecule has 1 aromatic heterocycles. The van der Waals surface area contributed by atoms with E-state index >= 15 is 4.39 Å². The first-order valence-corrected chi connectivity index (χ1v) is 16.0. The molecule has 3 atom stereocenters. The van der Waals surface area contributed by atoms with Crippen LogP contribution in [-0.2, 0) is 28.7 Å². The van der Waals surface area contributed by atoms with Crippen molar-refractivity contribution in [2.24, 2.45) is 0 Å². The highest BCUT2D eigenvalue weighted by molar-refractivity contribution is 6.07. The van der Waals surface area contributed by atoms with Gasteiger partial charge in [-0.1, -0.05) is 5.92 Å². The molecule has 0 unspecified atom stereocenters. The number of halogens is 5. The van der Waals surface area contributed by atoms with Crippen LogP contribution in [0, 0.1) is 17.7 Å².